The molecule has 1 unspecified atom stereocenters. The average Bonchev–Trinajstić information content (AvgIpc) is 2.85. The molecule has 0 radical (unpaired) electrons. The van der Waals surface area contributed by atoms with Crippen LogP contribution < -0.4 is 5.32 Å². The summed E-state index contributed by atoms with van der Waals surface area (Å²) < 4.78 is 53.0. The number of hydrogen-bond acceptors (Lipinski definition) is 4. The van der Waals surface area contributed by atoms with E-state index in [4.69, 9.17) is 9.47 Å². The largest absolute Gasteiger partial charge is 0.463 e. The SMILES string of the molecule is CCCCC(=O)OC[C@@H]1CC[C@@H]2C(c3ccccc3)Nc3ccc(C(F)(F)CF)cc3[C@@H]2O1. The molecule has 0 spiro atoms. The highest BCUT2D eigenvalue weighted by Gasteiger charge is 2.43. The molecule has 4 rings (SSSR count). The highest BCUT2D eigenvalue weighted by atomic mass is 19.3. The van der Waals surface area contributed by atoms with E-state index < -0.39 is 18.7 Å². The van der Waals surface area contributed by atoms with Crippen LogP contribution in [0.15, 0.2) is 48.5 Å². The number of carbonyl (C=O) groups is 1. The lowest BCUT2D eigenvalue weighted by molar-refractivity contribution is -0.157. The Morgan fingerprint density at radius 3 is 2.70 bits per heavy atom. The molecule has 0 amide bonds. The number of esters is 1. The minimum atomic E-state index is -3.55. The van der Waals surface area contributed by atoms with E-state index in [0.717, 1.165) is 24.8 Å². The molecule has 2 heterocycles. The molecule has 0 aromatic heterocycles. The minimum absolute atomic E-state index is 0.00110. The van der Waals surface area contributed by atoms with Crippen LogP contribution in [0.1, 0.15) is 67.9 Å². The van der Waals surface area contributed by atoms with Gasteiger partial charge >= 0.3 is 11.9 Å². The Hall–Kier alpha value is -2.54. The van der Waals surface area contributed by atoms with Gasteiger partial charge in [0.1, 0.15) is 6.61 Å². The lowest BCUT2D eigenvalue weighted by Gasteiger charge is -2.45. The van der Waals surface area contributed by atoms with Crippen molar-refractivity contribution >= 4 is 11.7 Å². The van der Waals surface area contributed by atoms with Gasteiger partial charge in [0, 0.05) is 29.2 Å². The standard InChI is InChI=1S/C26H30F3NO3/c1-2-3-9-23(31)32-15-19-11-12-20-24(17-7-5-4-6-8-17)30-22-13-10-18(26(28,29)16-27)14-21(22)25(20)33-19/h4-8,10,13-14,19-20,24-25,30H,2-3,9,11-12,15-16H2,1H3/t19-,20+,24?,25+/m0/s1. The monoisotopic (exact) mass is 461 g/mol. The molecule has 2 aliphatic rings. The molecule has 1 saturated heterocycles. The number of nitrogens with one attached hydrogen (secondary N) is 1. The maximum atomic E-state index is 14.1. The summed E-state index contributed by atoms with van der Waals surface area (Å²) in [5.41, 5.74) is 2.02. The van der Waals surface area contributed by atoms with Crippen molar-refractivity contribution in [2.45, 2.75) is 63.2 Å². The predicted molar refractivity (Wildman–Crippen MR) is 120 cm³/mol. The van der Waals surface area contributed by atoms with E-state index in [0.29, 0.717) is 24.1 Å². The summed E-state index contributed by atoms with van der Waals surface area (Å²) in [5, 5.41) is 3.49. The molecule has 0 aliphatic carbocycles. The van der Waals surface area contributed by atoms with Crippen LogP contribution in [-0.4, -0.2) is 25.4 Å². The van der Waals surface area contributed by atoms with Crippen molar-refractivity contribution < 1.29 is 27.4 Å². The topological polar surface area (TPSA) is 47.6 Å². The van der Waals surface area contributed by atoms with Crippen molar-refractivity contribution in [3.05, 3.63) is 65.2 Å². The molecular weight excluding hydrogens is 431 g/mol. The second-order valence-electron chi connectivity index (χ2n) is 8.88. The zero-order chi connectivity index (χ0) is 23.4. The lowest BCUT2D eigenvalue weighted by atomic mass is 9.76. The van der Waals surface area contributed by atoms with Crippen LogP contribution in [-0.2, 0) is 20.2 Å². The fraction of sp³-hybridized carbons (Fsp3) is 0.500. The molecule has 2 aliphatic heterocycles. The summed E-state index contributed by atoms with van der Waals surface area (Å²) >= 11 is 0. The highest BCUT2D eigenvalue weighted by molar-refractivity contribution is 5.69. The number of halogens is 3. The third-order valence-electron chi connectivity index (χ3n) is 6.56. The Balaban J connectivity index is 1.60. The van der Waals surface area contributed by atoms with E-state index in [-0.39, 0.29) is 36.2 Å². The maximum Gasteiger partial charge on any atom is 0.305 e. The van der Waals surface area contributed by atoms with Crippen LogP contribution in [0.4, 0.5) is 18.9 Å². The number of anilines is 1. The molecule has 0 bridgehead atoms. The Bertz CT molecular complexity index is 953. The van der Waals surface area contributed by atoms with Gasteiger partial charge in [-0.05, 0) is 37.0 Å². The van der Waals surface area contributed by atoms with Crippen LogP contribution in [0.25, 0.3) is 0 Å². The molecular formula is C26H30F3NO3. The molecule has 0 saturated carbocycles. The molecule has 2 aromatic carbocycles. The number of alkyl halides is 3. The summed E-state index contributed by atoms with van der Waals surface area (Å²) in [6.45, 7) is 0.401. The minimum Gasteiger partial charge on any atom is -0.463 e. The highest BCUT2D eigenvalue weighted by Crippen LogP contribution is 2.51. The molecule has 7 heteroatoms. The summed E-state index contributed by atoms with van der Waals surface area (Å²) in [6, 6.07) is 14.1. The van der Waals surface area contributed by atoms with E-state index in [9.17, 15) is 18.0 Å². The van der Waals surface area contributed by atoms with Gasteiger partial charge in [-0.2, -0.15) is 8.78 Å². The van der Waals surface area contributed by atoms with Gasteiger partial charge in [0.15, 0.2) is 6.67 Å². The molecule has 2 aromatic rings. The van der Waals surface area contributed by atoms with E-state index >= 15 is 0 Å². The Labute approximate surface area is 192 Å². The van der Waals surface area contributed by atoms with Gasteiger partial charge < -0.3 is 14.8 Å². The number of hydrogen-bond donors (Lipinski definition) is 1. The van der Waals surface area contributed by atoms with Crippen molar-refractivity contribution in [2.24, 2.45) is 5.92 Å². The first kappa shape index (κ1) is 23.6. The summed E-state index contributed by atoms with van der Waals surface area (Å²) in [6.07, 6.45) is 2.76. The van der Waals surface area contributed by atoms with Gasteiger partial charge in [-0.1, -0.05) is 49.7 Å². The lowest BCUT2D eigenvalue weighted by Crippen LogP contribution is -2.40. The maximum absolute atomic E-state index is 14.1. The second-order valence-corrected chi connectivity index (χ2v) is 8.88. The molecule has 178 valence electrons. The zero-order valence-electron chi connectivity index (χ0n) is 18.7. The quantitative estimate of drug-likeness (QED) is 0.457. The van der Waals surface area contributed by atoms with E-state index in [2.05, 4.69) is 5.32 Å². The van der Waals surface area contributed by atoms with Gasteiger partial charge in [-0.3, -0.25) is 4.79 Å². The van der Waals surface area contributed by atoms with Crippen molar-refractivity contribution in [1.29, 1.82) is 0 Å². The van der Waals surface area contributed by atoms with E-state index in [1.807, 2.05) is 37.3 Å². The van der Waals surface area contributed by atoms with Crippen LogP contribution in [0.5, 0.6) is 0 Å². The third-order valence-corrected chi connectivity index (χ3v) is 6.56. The van der Waals surface area contributed by atoms with Crippen LogP contribution >= 0.6 is 0 Å². The first-order valence-corrected chi connectivity index (χ1v) is 11.6. The van der Waals surface area contributed by atoms with Crippen LogP contribution in [0, 0.1) is 5.92 Å². The van der Waals surface area contributed by atoms with Crippen molar-refractivity contribution in [2.75, 3.05) is 18.6 Å². The van der Waals surface area contributed by atoms with Crippen molar-refractivity contribution in [3.63, 3.8) is 0 Å². The van der Waals surface area contributed by atoms with Crippen molar-refractivity contribution in [3.8, 4) is 0 Å². The van der Waals surface area contributed by atoms with E-state index in [1.165, 1.54) is 12.1 Å². The fourth-order valence-electron chi connectivity index (χ4n) is 4.75. The summed E-state index contributed by atoms with van der Waals surface area (Å²) in [7, 11) is 0. The number of carbonyl (C=O) groups excluding carboxylic acids is 1. The number of fused-ring (bicyclic) bond motifs is 3. The number of unbranched alkanes of at least 4 members (excludes halogenated alkanes) is 1. The second kappa shape index (κ2) is 10.2. The first-order chi connectivity index (χ1) is 15.9. The van der Waals surface area contributed by atoms with Gasteiger partial charge in [-0.25, -0.2) is 4.39 Å². The van der Waals surface area contributed by atoms with Gasteiger partial charge in [-0.15, -0.1) is 0 Å². The first-order valence-electron chi connectivity index (χ1n) is 11.6. The predicted octanol–water partition coefficient (Wildman–Crippen LogP) is 6.48. The van der Waals surface area contributed by atoms with Gasteiger partial charge in [0.2, 0.25) is 0 Å². The molecule has 4 nitrogen and oxygen atoms in total. The fourth-order valence-corrected chi connectivity index (χ4v) is 4.75. The number of rotatable bonds is 8. The zero-order valence-corrected chi connectivity index (χ0v) is 18.7. The number of benzene rings is 2. The summed E-state index contributed by atoms with van der Waals surface area (Å²) in [5.74, 6) is -3.80. The molecule has 33 heavy (non-hydrogen) atoms. The third kappa shape index (κ3) is 5.18. The smallest absolute Gasteiger partial charge is 0.305 e. The van der Waals surface area contributed by atoms with E-state index in [1.54, 1.807) is 6.07 Å². The average molecular weight is 462 g/mol. The number of ether oxygens (including phenoxy) is 2. The molecule has 4 atom stereocenters. The Morgan fingerprint density at radius 1 is 1.18 bits per heavy atom. The normalized spacial score (nSPS) is 24.4. The van der Waals surface area contributed by atoms with Gasteiger partial charge in [0.25, 0.3) is 0 Å². The van der Waals surface area contributed by atoms with Crippen LogP contribution in [0.3, 0.4) is 0 Å². The summed E-state index contributed by atoms with van der Waals surface area (Å²) in [4.78, 5) is 11.9. The van der Waals surface area contributed by atoms with Crippen molar-refractivity contribution in [1.82, 2.24) is 0 Å². The van der Waals surface area contributed by atoms with Crippen LogP contribution in [0.2, 0.25) is 0 Å². The Morgan fingerprint density at radius 2 is 1.97 bits per heavy atom. The molecule has 1 fully saturated rings. The Kier molecular flexibility index (Phi) is 7.27. The molecule has 1 N–H and O–H groups in total. The van der Waals surface area contributed by atoms with Gasteiger partial charge in [0.05, 0.1) is 18.2 Å².